The smallest absolute Gasteiger partial charge is 0.258 e. The number of hydrogen-bond donors (Lipinski definition) is 1. The van der Waals surface area contributed by atoms with E-state index in [1.54, 1.807) is 25.4 Å². The van der Waals surface area contributed by atoms with Gasteiger partial charge in [0.2, 0.25) is 5.95 Å². The van der Waals surface area contributed by atoms with Gasteiger partial charge in [-0.05, 0) is 23.6 Å². The SMILES string of the molecule is CCSNc1ncc(Oc2ccc(F)cc2F)c(-c2cn(C)c(=O)c3ccccc23)n1. The van der Waals surface area contributed by atoms with Gasteiger partial charge in [0.15, 0.2) is 17.3 Å². The quantitative estimate of drug-likeness (QED) is 0.419. The molecule has 0 unspecified atom stereocenters. The number of pyridine rings is 1. The molecule has 0 amide bonds. The van der Waals surface area contributed by atoms with Crippen molar-refractivity contribution in [2.75, 3.05) is 10.5 Å². The average molecular weight is 440 g/mol. The first-order chi connectivity index (χ1) is 15.0. The van der Waals surface area contributed by atoms with Gasteiger partial charge in [0.1, 0.15) is 11.5 Å². The molecule has 1 N–H and O–H groups in total. The average Bonchev–Trinajstić information content (AvgIpc) is 2.77. The minimum atomic E-state index is -0.847. The normalized spacial score (nSPS) is 11.0. The molecule has 31 heavy (non-hydrogen) atoms. The Morgan fingerprint density at radius 3 is 2.65 bits per heavy atom. The molecule has 0 aliphatic carbocycles. The van der Waals surface area contributed by atoms with Crippen molar-refractivity contribution in [3.05, 3.63) is 76.8 Å². The van der Waals surface area contributed by atoms with E-state index in [1.165, 1.54) is 28.8 Å². The van der Waals surface area contributed by atoms with Crippen LogP contribution < -0.4 is 15.0 Å². The van der Waals surface area contributed by atoms with Crippen LogP contribution in [0.15, 0.2) is 59.7 Å². The Kier molecular flexibility index (Phi) is 5.85. The van der Waals surface area contributed by atoms with Gasteiger partial charge >= 0.3 is 0 Å². The van der Waals surface area contributed by atoms with Gasteiger partial charge in [-0.2, -0.15) is 0 Å². The van der Waals surface area contributed by atoms with E-state index in [9.17, 15) is 13.6 Å². The number of nitrogens with one attached hydrogen (secondary N) is 1. The van der Waals surface area contributed by atoms with Crippen LogP contribution in [0.1, 0.15) is 6.92 Å². The largest absolute Gasteiger partial charge is 0.450 e. The summed E-state index contributed by atoms with van der Waals surface area (Å²) < 4.78 is 37.7. The molecule has 0 saturated heterocycles. The van der Waals surface area contributed by atoms with E-state index in [1.807, 2.05) is 19.1 Å². The van der Waals surface area contributed by atoms with Crippen molar-refractivity contribution in [1.82, 2.24) is 14.5 Å². The van der Waals surface area contributed by atoms with Crippen LogP contribution in [0.5, 0.6) is 11.5 Å². The zero-order valence-corrected chi connectivity index (χ0v) is 17.5. The highest BCUT2D eigenvalue weighted by molar-refractivity contribution is 8.00. The van der Waals surface area contributed by atoms with Crippen molar-refractivity contribution in [1.29, 1.82) is 0 Å². The Labute approximate surface area is 181 Å². The summed E-state index contributed by atoms with van der Waals surface area (Å²) in [5, 5.41) is 1.18. The van der Waals surface area contributed by atoms with Crippen LogP contribution >= 0.6 is 11.9 Å². The minimum absolute atomic E-state index is 0.152. The number of halogens is 2. The van der Waals surface area contributed by atoms with Crippen LogP contribution in [-0.4, -0.2) is 20.3 Å². The standard InChI is InChI=1S/C22H18F2N4O2S/c1-3-31-27-22-25-11-19(30-18-9-8-13(23)10-17(18)24)20(26-22)16-12-28(2)21(29)15-7-5-4-6-14(15)16/h4-12H,3H2,1-2H3,(H,25,26,27). The van der Waals surface area contributed by atoms with Gasteiger partial charge < -0.3 is 9.30 Å². The van der Waals surface area contributed by atoms with E-state index in [0.29, 0.717) is 28.0 Å². The lowest BCUT2D eigenvalue weighted by Crippen LogP contribution is -2.16. The molecule has 0 saturated carbocycles. The first kappa shape index (κ1) is 20.8. The fourth-order valence-corrected chi connectivity index (χ4v) is 3.48. The Balaban J connectivity index is 1.92. The predicted octanol–water partition coefficient (Wildman–Crippen LogP) is 5.15. The van der Waals surface area contributed by atoms with Crippen LogP contribution in [-0.2, 0) is 7.05 Å². The third kappa shape index (κ3) is 4.22. The molecule has 0 radical (unpaired) electrons. The van der Waals surface area contributed by atoms with Gasteiger partial charge in [-0.3, -0.25) is 9.52 Å². The van der Waals surface area contributed by atoms with Gasteiger partial charge in [0.25, 0.3) is 5.56 Å². The van der Waals surface area contributed by atoms with E-state index in [-0.39, 0.29) is 17.1 Å². The lowest BCUT2D eigenvalue weighted by Gasteiger charge is -2.15. The summed E-state index contributed by atoms with van der Waals surface area (Å²) in [6.07, 6.45) is 3.07. The highest BCUT2D eigenvalue weighted by Gasteiger charge is 2.18. The molecule has 9 heteroatoms. The molecule has 0 fully saturated rings. The fraction of sp³-hybridized carbons (Fsp3) is 0.136. The van der Waals surface area contributed by atoms with Crippen LogP contribution in [0.3, 0.4) is 0 Å². The second-order valence-corrected chi connectivity index (χ2v) is 7.69. The summed E-state index contributed by atoms with van der Waals surface area (Å²) in [4.78, 5) is 21.4. The van der Waals surface area contributed by atoms with Crippen LogP contribution in [0.2, 0.25) is 0 Å². The lowest BCUT2D eigenvalue weighted by molar-refractivity contribution is 0.436. The molecular weight excluding hydrogens is 422 g/mol. The molecule has 4 aromatic rings. The summed E-state index contributed by atoms with van der Waals surface area (Å²) >= 11 is 1.42. The molecule has 0 atom stereocenters. The molecule has 0 aliphatic heterocycles. The minimum Gasteiger partial charge on any atom is -0.450 e. The predicted molar refractivity (Wildman–Crippen MR) is 118 cm³/mol. The molecular formula is C22H18F2N4O2S. The maximum absolute atomic E-state index is 14.2. The summed E-state index contributed by atoms with van der Waals surface area (Å²) in [7, 11) is 1.64. The van der Waals surface area contributed by atoms with Crippen molar-refractivity contribution in [2.24, 2.45) is 7.05 Å². The number of aryl methyl sites for hydroxylation is 1. The second kappa shape index (κ2) is 8.73. The summed E-state index contributed by atoms with van der Waals surface area (Å²) in [5.41, 5.74) is 0.826. The van der Waals surface area contributed by atoms with Crippen molar-refractivity contribution in [3.63, 3.8) is 0 Å². The van der Waals surface area contributed by atoms with Gasteiger partial charge in [0.05, 0.1) is 6.20 Å². The number of hydrogen-bond acceptors (Lipinski definition) is 6. The van der Waals surface area contributed by atoms with E-state index in [4.69, 9.17) is 4.74 Å². The zero-order chi connectivity index (χ0) is 22.0. The van der Waals surface area contributed by atoms with Crippen molar-refractivity contribution in [3.8, 4) is 22.8 Å². The molecule has 2 aromatic carbocycles. The lowest BCUT2D eigenvalue weighted by atomic mass is 10.0. The molecule has 6 nitrogen and oxygen atoms in total. The van der Waals surface area contributed by atoms with E-state index >= 15 is 0 Å². The van der Waals surface area contributed by atoms with Crippen LogP contribution in [0.25, 0.3) is 22.0 Å². The number of rotatable bonds is 6. The van der Waals surface area contributed by atoms with Crippen LogP contribution in [0, 0.1) is 11.6 Å². The van der Waals surface area contributed by atoms with E-state index < -0.39 is 11.6 Å². The third-order valence-electron chi connectivity index (χ3n) is 4.52. The first-order valence-corrected chi connectivity index (χ1v) is 10.4. The Bertz CT molecular complexity index is 1330. The highest BCUT2D eigenvalue weighted by atomic mass is 32.2. The van der Waals surface area contributed by atoms with Crippen molar-refractivity contribution in [2.45, 2.75) is 6.92 Å². The van der Waals surface area contributed by atoms with Gasteiger partial charge in [-0.25, -0.2) is 18.7 Å². The Morgan fingerprint density at radius 1 is 1.13 bits per heavy atom. The molecule has 0 bridgehead atoms. The Morgan fingerprint density at radius 2 is 1.90 bits per heavy atom. The molecule has 0 spiro atoms. The highest BCUT2D eigenvalue weighted by Crippen LogP contribution is 2.36. The second-order valence-electron chi connectivity index (χ2n) is 6.62. The van der Waals surface area contributed by atoms with Gasteiger partial charge in [-0.1, -0.05) is 37.1 Å². The third-order valence-corrected chi connectivity index (χ3v) is 5.14. The number of aromatic nitrogens is 3. The monoisotopic (exact) mass is 440 g/mol. The van der Waals surface area contributed by atoms with Crippen LogP contribution in [0.4, 0.5) is 14.7 Å². The summed E-state index contributed by atoms with van der Waals surface area (Å²) in [6.45, 7) is 1.98. The first-order valence-electron chi connectivity index (χ1n) is 9.44. The number of ether oxygens (including phenoxy) is 1. The number of anilines is 1. The Hall–Kier alpha value is -3.46. The maximum Gasteiger partial charge on any atom is 0.258 e. The molecule has 158 valence electrons. The number of benzene rings is 2. The summed E-state index contributed by atoms with van der Waals surface area (Å²) in [5.74, 6) is -0.417. The molecule has 4 rings (SSSR count). The molecule has 0 aliphatic rings. The number of fused-ring (bicyclic) bond motifs is 1. The maximum atomic E-state index is 14.2. The van der Waals surface area contributed by atoms with Crippen molar-refractivity contribution < 1.29 is 13.5 Å². The molecule has 2 aromatic heterocycles. The zero-order valence-electron chi connectivity index (χ0n) is 16.7. The topological polar surface area (TPSA) is 69.0 Å². The van der Waals surface area contributed by atoms with Gasteiger partial charge in [-0.15, -0.1) is 0 Å². The van der Waals surface area contributed by atoms with Gasteiger partial charge in [0, 0.05) is 36.0 Å². The number of nitrogens with zero attached hydrogens (tertiary/aromatic N) is 3. The van der Waals surface area contributed by atoms with E-state index in [2.05, 4.69) is 14.7 Å². The fourth-order valence-electron chi connectivity index (χ4n) is 3.11. The summed E-state index contributed by atoms with van der Waals surface area (Å²) in [6, 6.07) is 10.2. The van der Waals surface area contributed by atoms with E-state index in [0.717, 1.165) is 17.9 Å². The molecule has 2 heterocycles. The van der Waals surface area contributed by atoms with Crippen molar-refractivity contribution >= 4 is 28.7 Å².